The summed E-state index contributed by atoms with van der Waals surface area (Å²) in [6.45, 7) is 2.72. The molecule has 1 aliphatic heterocycles. The van der Waals surface area contributed by atoms with Crippen LogP contribution < -0.4 is 26.1 Å². The SMILES string of the molecule is COc1cc2c(N[C@H](C)c3cc(N)cc(C(F)(F)F)c3)nn(C)c(=O)c2cc1OC1CCOC1. The first kappa shape index (κ1) is 23.7. The molecular weight excluding hydrogens is 453 g/mol. The lowest BCUT2D eigenvalue weighted by atomic mass is 10.0. The van der Waals surface area contributed by atoms with Crippen molar-refractivity contribution in [3.8, 4) is 11.5 Å². The van der Waals surface area contributed by atoms with Gasteiger partial charge in [-0.1, -0.05) is 0 Å². The molecule has 0 aliphatic carbocycles. The van der Waals surface area contributed by atoms with Crippen LogP contribution in [0.1, 0.15) is 30.5 Å². The summed E-state index contributed by atoms with van der Waals surface area (Å²) in [4.78, 5) is 12.8. The minimum atomic E-state index is -4.53. The Balaban J connectivity index is 1.75. The number of nitrogen functional groups attached to an aromatic ring is 1. The average Bonchev–Trinajstić information content (AvgIpc) is 3.29. The van der Waals surface area contributed by atoms with Crippen LogP contribution >= 0.6 is 0 Å². The van der Waals surface area contributed by atoms with Crippen LogP contribution in [0.4, 0.5) is 24.7 Å². The van der Waals surface area contributed by atoms with E-state index in [1.54, 1.807) is 19.1 Å². The maximum absolute atomic E-state index is 13.3. The predicted octanol–water partition coefficient (Wildman–Crippen LogP) is 3.88. The summed E-state index contributed by atoms with van der Waals surface area (Å²) in [6, 6.07) is 6.01. The second-order valence-electron chi connectivity index (χ2n) is 8.18. The number of aromatic nitrogens is 2. The number of nitrogens with two attached hydrogens (primary N) is 1. The zero-order valence-electron chi connectivity index (χ0n) is 18.9. The van der Waals surface area contributed by atoms with Crippen molar-refractivity contribution in [2.45, 2.75) is 31.7 Å². The second-order valence-corrected chi connectivity index (χ2v) is 8.18. The van der Waals surface area contributed by atoms with E-state index >= 15 is 0 Å². The fourth-order valence-electron chi connectivity index (χ4n) is 3.88. The number of nitrogens with one attached hydrogen (secondary N) is 1. The standard InChI is InChI=1S/C23H25F3N4O4/c1-12(13-6-14(23(24,25)26)8-15(27)7-13)28-21-17-9-19(32-3)20(34-16-4-5-33-11-16)10-18(17)22(31)30(2)29-21/h6-10,12,16H,4-5,11,27H2,1-3H3,(H,28,29)/t12-,16?/m1/s1. The van der Waals surface area contributed by atoms with Gasteiger partial charge in [0, 0.05) is 24.5 Å². The summed E-state index contributed by atoms with van der Waals surface area (Å²) in [5, 5.41) is 8.17. The van der Waals surface area contributed by atoms with Crippen molar-refractivity contribution in [2.75, 3.05) is 31.4 Å². The van der Waals surface area contributed by atoms with E-state index < -0.39 is 17.8 Å². The van der Waals surface area contributed by atoms with Crippen molar-refractivity contribution in [1.82, 2.24) is 9.78 Å². The van der Waals surface area contributed by atoms with Crippen LogP contribution in [0, 0.1) is 0 Å². The molecule has 34 heavy (non-hydrogen) atoms. The minimum Gasteiger partial charge on any atom is -0.493 e. The van der Waals surface area contributed by atoms with E-state index in [0.717, 1.165) is 23.2 Å². The van der Waals surface area contributed by atoms with Gasteiger partial charge in [0.05, 0.1) is 37.3 Å². The predicted molar refractivity (Wildman–Crippen MR) is 121 cm³/mol. The van der Waals surface area contributed by atoms with E-state index in [1.165, 1.54) is 20.2 Å². The first-order valence-corrected chi connectivity index (χ1v) is 10.6. The van der Waals surface area contributed by atoms with Crippen molar-refractivity contribution >= 4 is 22.3 Å². The van der Waals surface area contributed by atoms with Crippen molar-refractivity contribution < 1.29 is 27.4 Å². The minimum absolute atomic E-state index is 0.00361. The number of rotatable bonds is 6. The normalized spacial score (nSPS) is 17.1. The number of benzene rings is 2. The number of ether oxygens (including phenoxy) is 3. The molecule has 1 aliphatic rings. The third-order valence-corrected chi connectivity index (χ3v) is 5.67. The monoisotopic (exact) mass is 478 g/mol. The summed E-state index contributed by atoms with van der Waals surface area (Å²) in [5.41, 5.74) is 4.84. The average molecular weight is 478 g/mol. The smallest absolute Gasteiger partial charge is 0.416 e. The molecule has 1 unspecified atom stereocenters. The molecule has 0 spiro atoms. The molecule has 4 rings (SSSR count). The van der Waals surface area contributed by atoms with E-state index in [0.29, 0.717) is 46.9 Å². The molecule has 8 nitrogen and oxygen atoms in total. The Morgan fingerprint density at radius 2 is 1.94 bits per heavy atom. The lowest BCUT2D eigenvalue weighted by Crippen LogP contribution is -2.23. The topological polar surface area (TPSA) is 101 Å². The van der Waals surface area contributed by atoms with Gasteiger partial charge in [0.15, 0.2) is 17.3 Å². The summed E-state index contributed by atoms with van der Waals surface area (Å²) < 4.78 is 57.7. The van der Waals surface area contributed by atoms with Gasteiger partial charge in [-0.25, -0.2) is 4.68 Å². The Morgan fingerprint density at radius 3 is 2.59 bits per heavy atom. The van der Waals surface area contributed by atoms with E-state index in [-0.39, 0.29) is 17.4 Å². The molecule has 1 fully saturated rings. The van der Waals surface area contributed by atoms with Gasteiger partial charge in [-0.15, -0.1) is 0 Å². The number of aryl methyl sites for hydroxylation is 1. The number of hydrogen-bond acceptors (Lipinski definition) is 7. The molecular formula is C23H25F3N4O4. The lowest BCUT2D eigenvalue weighted by Gasteiger charge is -2.20. The zero-order valence-corrected chi connectivity index (χ0v) is 18.9. The number of anilines is 2. The quantitative estimate of drug-likeness (QED) is 0.519. The second kappa shape index (κ2) is 9.05. The van der Waals surface area contributed by atoms with Gasteiger partial charge in [-0.2, -0.15) is 18.3 Å². The largest absolute Gasteiger partial charge is 0.493 e. The van der Waals surface area contributed by atoms with Crippen LogP contribution in [0.25, 0.3) is 10.8 Å². The zero-order chi connectivity index (χ0) is 24.6. The summed E-state index contributed by atoms with van der Waals surface area (Å²) in [6.07, 6.45) is -3.96. The van der Waals surface area contributed by atoms with Gasteiger partial charge in [0.1, 0.15) is 6.10 Å². The number of hydrogen-bond donors (Lipinski definition) is 2. The Morgan fingerprint density at radius 1 is 1.21 bits per heavy atom. The van der Waals surface area contributed by atoms with Gasteiger partial charge in [-0.3, -0.25) is 4.79 Å². The Labute approximate surface area is 193 Å². The van der Waals surface area contributed by atoms with Gasteiger partial charge in [0.25, 0.3) is 5.56 Å². The molecule has 0 bridgehead atoms. The molecule has 2 aromatic carbocycles. The van der Waals surface area contributed by atoms with Crippen LogP contribution in [0.15, 0.2) is 35.1 Å². The maximum Gasteiger partial charge on any atom is 0.416 e. The number of nitrogens with zero attached hydrogens (tertiary/aromatic N) is 2. The van der Waals surface area contributed by atoms with Crippen LogP contribution in [0.3, 0.4) is 0 Å². The molecule has 11 heteroatoms. The maximum atomic E-state index is 13.3. The van der Waals surface area contributed by atoms with Crippen LogP contribution in [0.2, 0.25) is 0 Å². The van der Waals surface area contributed by atoms with E-state index in [2.05, 4.69) is 10.4 Å². The third kappa shape index (κ3) is 4.74. The summed E-state index contributed by atoms with van der Waals surface area (Å²) in [7, 11) is 2.98. The molecule has 3 aromatic rings. The van der Waals surface area contributed by atoms with Crippen LogP contribution in [-0.4, -0.2) is 36.2 Å². The van der Waals surface area contributed by atoms with Crippen molar-refractivity contribution in [3.05, 3.63) is 51.8 Å². The Kier molecular flexibility index (Phi) is 6.30. The lowest BCUT2D eigenvalue weighted by molar-refractivity contribution is -0.137. The van der Waals surface area contributed by atoms with E-state index in [1.807, 2.05) is 0 Å². The first-order chi connectivity index (χ1) is 16.1. The van der Waals surface area contributed by atoms with Crippen molar-refractivity contribution in [1.29, 1.82) is 0 Å². The molecule has 1 aromatic heterocycles. The molecule has 0 radical (unpaired) electrons. The number of methoxy groups -OCH3 is 1. The highest BCUT2D eigenvalue weighted by molar-refractivity contribution is 5.93. The van der Waals surface area contributed by atoms with Gasteiger partial charge >= 0.3 is 6.18 Å². The van der Waals surface area contributed by atoms with Crippen molar-refractivity contribution in [3.63, 3.8) is 0 Å². The molecule has 0 saturated carbocycles. The molecule has 2 atom stereocenters. The number of alkyl halides is 3. The summed E-state index contributed by atoms with van der Waals surface area (Å²) in [5.74, 6) is 1.10. The third-order valence-electron chi connectivity index (χ3n) is 5.67. The van der Waals surface area contributed by atoms with Crippen LogP contribution in [-0.2, 0) is 18.0 Å². The highest BCUT2D eigenvalue weighted by atomic mass is 19.4. The van der Waals surface area contributed by atoms with Gasteiger partial charge in [0.2, 0.25) is 0 Å². The number of halogens is 3. The van der Waals surface area contributed by atoms with Gasteiger partial charge in [-0.05, 0) is 42.8 Å². The first-order valence-electron chi connectivity index (χ1n) is 10.6. The van der Waals surface area contributed by atoms with Crippen molar-refractivity contribution in [2.24, 2.45) is 7.05 Å². The summed E-state index contributed by atoms with van der Waals surface area (Å²) >= 11 is 0. The molecule has 2 heterocycles. The fourth-order valence-corrected chi connectivity index (χ4v) is 3.88. The molecule has 1 saturated heterocycles. The molecule has 3 N–H and O–H groups in total. The van der Waals surface area contributed by atoms with E-state index in [9.17, 15) is 18.0 Å². The van der Waals surface area contributed by atoms with Gasteiger partial charge < -0.3 is 25.3 Å². The fraction of sp³-hybridized carbons (Fsp3) is 0.391. The number of fused-ring (bicyclic) bond motifs is 1. The molecule has 0 amide bonds. The van der Waals surface area contributed by atoms with Crippen LogP contribution in [0.5, 0.6) is 11.5 Å². The Bertz CT molecular complexity index is 1270. The van der Waals surface area contributed by atoms with E-state index in [4.69, 9.17) is 19.9 Å². The molecule has 182 valence electrons. The Hall–Kier alpha value is -3.47. The highest BCUT2D eigenvalue weighted by Crippen LogP contribution is 2.37. The highest BCUT2D eigenvalue weighted by Gasteiger charge is 2.31.